The summed E-state index contributed by atoms with van der Waals surface area (Å²) in [6.45, 7) is 4.60. The maximum absolute atomic E-state index is 13.5. The highest BCUT2D eigenvalue weighted by molar-refractivity contribution is 7.89. The van der Waals surface area contributed by atoms with Crippen molar-refractivity contribution in [2.24, 2.45) is 11.8 Å². The highest BCUT2D eigenvalue weighted by Crippen LogP contribution is 2.37. The lowest BCUT2D eigenvalue weighted by Crippen LogP contribution is -2.51. The van der Waals surface area contributed by atoms with E-state index in [2.05, 4.69) is 5.32 Å². The molecule has 1 amide bonds. The van der Waals surface area contributed by atoms with Crippen LogP contribution >= 0.6 is 0 Å². The average Bonchev–Trinajstić information content (AvgIpc) is 3.45. The van der Waals surface area contributed by atoms with Crippen molar-refractivity contribution in [1.82, 2.24) is 9.62 Å². The lowest BCUT2D eigenvalue weighted by molar-refractivity contribution is 0.0554. The molecule has 1 saturated heterocycles. The number of nitrogens with zero attached hydrogens (tertiary/aromatic N) is 1. The highest BCUT2D eigenvalue weighted by Gasteiger charge is 2.40. The van der Waals surface area contributed by atoms with E-state index in [1.54, 1.807) is 0 Å². The Kier molecular flexibility index (Phi) is 9.30. The van der Waals surface area contributed by atoms with Crippen LogP contribution in [0.2, 0.25) is 0 Å². The molecule has 2 aromatic rings. The number of anilines is 1. The summed E-state index contributed by atoms with van der Waals surface area (Å²) in [6.07, 6.45) is 0.842. The molecule has 2 fully saturated rings. The largest absolute Gasteiger partial charge is 0.446 e. The normalized spacial score (nSPS) is 22.8. The molecule has 1 saturated carbocycles. The molecular formula is C28H39N3O6S. The minimum Gasteiger partial charge on any atom is -0.446 e. The van der Waals surface area contributed by atoms with Crippen LogP contribution < -0.4 is 11.1 Å². The minimum atomic E-state index is -3.91. The molecule has 9 nitrogen and oxygen atoms in total. The number of aliphatic hydroxyl groups excluding tert-OH is 1. The number of alkyl carbamates (subject to hydrolysis) is 1. The number of fused-ring (bicyclic) bond motifs is 1. The summed E-state index contributed by atoms with van der Waals surface area (Å²) < 4.78 is 39.7. The molecule has 1 aliphatic carbocycles. The molecule has 1 unspecified atom stereocenters. The molecule has 0 spiro atoms. The number of sulfonamides is 1. The molecule has 0 radical (unpaired) electrons. The number of nitrogens with one attached hydrogen (secondary N) is 1. The fourth-order valence-electron chi connectivity index (χ4n) is 5.30. The number of carbonyl (C=O) groups is 1. The van der Waals surface area contributed by atoms with Gasteiger partial charge < -0.3 is 25.6 Å². The van der Waals surface area contributed by atoms with E-state index in [0.717, 1.165) is 25.0 Å². The Hall–Kier alpha value is -2.66. The quantitative estimate of drug-likeness (QED) is 0.370. The average molecular weight is 546 g/mol. The number of nitrogen functional groups attached to an aromatic ring is 1. The molecule has 4 rings (SSSR count). The summed E-state index contributed by atoms with van der Waals surface area (Å²) >= 11 is 0. The van der Waals surface area contributed by atoms with Gasteiger partial charge >= 0.3 is 6.09 Å². The summed E-state index contributed by atoms with van der Waals surface area (Å²) in [5.41, 5.74) is 7.11. The van der Waals surface area contributed by atoms with Crippen LogP contribution in [0.5, 0.6) is 0 Å². The lowest BCUT2D eigenvalue weighted by Gasteiger charge is -2.31. The number of rotatable bonds is 11. The maximum Gasteiger partial charge on any atom is 0.407 e. The second kappa shape index (κ2) is 12.5. The van der Waals surface area contributed by atoms with Gasteiger partial charge in [0.2, 0.25) is 10.0 Å². The Balaban J connectivity index is 1.49. The molecule has 1 aliphatic heterocycles. The van der Waals surface area contributed by atoms with Gasteiger partial charge in [-0.2, -0.15) is 4.31 Å². The zero-order chi connectivity index (χ0) is 27.3. The Morgan fingerprint density at radius 1 is 1.13 bits per heavy atom. The van der Waals surface area contributed by atoms with Gasteiger partial charge in [0, 0.05) is 31.8 Å². The first kappa shape index (κ1) is 28.4. The number of amides is 1. The standard InChI is InChI=1S/C28H39N3O6S/c1-19(2)17-31(38(34,35)24-10-8-22(29)9-11-24)18-26(32)25(14-20-6-4-3-5-7-20)30-28(33)37-23-15-21-12-13-36-27(21)16-23/h3-11,19,21,23,25-27,32H,12-18,29H2,1-2H3,(H,30,33)/t21?,23-,25+,26-,27-/m1/s1. The monoisotopic (exact) mass is 545 g/mol. The maximum atomic E-state index is 13.5. The van der Waals surface area contributed by atoms with Crippen LogP contribution in [0.1, 0.15) is 38.7 Å². The van der Waals surface area contributed by atoms with E-state index in [1.165, 1.54) is 28.6 Å². The number of benzene rings is 2. The van der Waals surface area contributed by atoms with Gasteiger partial charge in [0.1, 0.15) is 6.10 Å². The van der Waals surface area contributed by atoms with Crippen molar-refractivity contribution in [3.8, 4) is 0 Å². The van der Waals surface area contributed by atoms with Crippen LogP contribution in [0.3, 0.4) is 0 Å². The first-order valence-electron chi connectivity index (χ1n) is 13.3. The molecule has 4 N–H and O–H groups in total. The van der Waals surface area contributed by atoms with E-state index in [9.17, 15) is 18.3 Å². The topological polar surface area (TPSA) is 131 Å². The van der Waals surface area contributed by atoms with Crippen LogP contribution in [-0.4, -0.2) is 68.0 Å². The van der Waals surface area contributed by atoms with Crippen molar-refractivity contribution in [3.05, 3.63) is 60.2 Å². The van der Waals surface area contributed by atoms with Crippen molar-refractivity contribution < 1.29 is 27.8 Å². The molecule has 2 aliphatic rings. The minimum absolute atomic E-state index is 0.0142. The first-order valence-corrected chi connectivity index (χ1v) is 14.7. The molecule has 208 valence electrons. The highest BCUT2D eigenvalue weighted by atomic mass is 32.2. The van der Waals surface area contributed by atoms with Gasteiger partial charge in [0.15, 0.2) is 0 Å². The molecule has 0 bridgehead atoms. The Bertz CT molecular complexity index is 1150. The second-order valence-electron chi connectivity index (χ2n) is 10.7. The van der Waals surface area contributed by atoms with E-state index in [0.29, 0.717) is 24.4 Å². The van der Waals surface area contributed by atoms with Crippen LogP contribution in [0.25, 0.3) is 0 Å². The van der Waals surface area contributed by atoms with Gasteiger partial charge in [0.25, 0.3) is 0 Å². The predicted molar refractivity (Wildman–Crippen MR) is 145 cm³/mol. The molecule has 38 heavy (non-hydrogen) atoms. The van der Waals surface area contributed by atoms with E-state index >= 15 is 0 Å². The SMILES string of the molecule is CC(C)CN(C[C@@H](O)[C@H](Cc1ccccc1)NC(=O)O[C@@H]1CC2CCO[C@@H]2C1)S(=O)(=O)c1ccc(N)cc1. The van der Waals surface area contributed by atoms with E-state index in [1.807, 2.05) is 44.2 Å². The molecule has 10 heteroatoms. The van der Waals surface area contributed by atoms with Crippen LogP contribution in [0, 0.1) is 11.8 Å². The van der Waals surface area contributed by atoms with Gasteiger partial charge in [0.05, 0.1) is 23.1 Å². The zero-order valence-corrected chi connectivity index (χ0v) is 22.8. The Labute approximate surface area is 225 Å². The van der Waals surface area contributed by atoms with Crippen LogP contribution in [0.4, 0.5) is 10.5 Å². The number of ether oxygens (including phenoxy) is 2. The number of aliphatic hydroxyl groups is 1. The summed E-state index contributed by atoms with van der Waals surface area (Å²) in [4.78, 5) is 13.0. The van der Waals surface area contributed by atoms with Crippen molar-refractivity contribution in [2.75, 3.05) is 25.4 Å². The van der Waals surface area contributed by atoms with E-state index in [4.69, 9.17) is 15.2 Å². The number of hydrogen-bond acceptors (Lipinski definition) is 7. The van der Waals surface area contributed by atoms with Crippen molar-refractivity contribution in [1.29, 1.82) is 0 Å². The zero-order valence-electron chi connectivity index (χ0n) is 22.0. The fourth-order valence-corrected chi connectivity index (χ4v) is 6.92. The van der Waals surface area contributed by atoms with Crippen molar-refractivity contribution in [2.45, 2.75) is 68.8 Å². The van der Waals surface area contributed by atoms with Crippen LogP contribution in [0.15, 0.2) is 59.5 Å². The van der Waals surface area contributed by atoms with Crippen molar-refractivity contribution in [3.63, 3.8) is 0 Å². The third-order valence-corrected chi connectivity index (χ3v) is 9.07. The summed E-state index contributed by atoms with van der Waals surface area (Å²) in [7, 11) is -3.91. The second-order valence-corrected chi connectivity index (χ2v) is 12.7. The number of carbonyl (C=O) groups excluding carboxylic acids is 1. The molecule has 5 atom stereocenters. The fraction of sp³-hybridized carbons (Fsp3) is 0.536. The molecular weight excluding hydrogens is 506 g/mol. The first-order chi connectivity index (χ1) is 18.1. The smallest absolute Gasteiger partial charge is 0.407 e. The predicted octanol–water partition coefficient (Wildman–Crippen LogP) is 3.18. The van der Waals surface area contributed by atoms with Crippen molar-refractivity contribution >= 4 is 21.8 Å². The third kappa shape index (κ3) is 7.25. The van der Waals surface area contributed by atoms with E-state index in [-0.39, 0.29) is 36.1 Å². The summed E-state index contributed by atoms with van der Waals surface area (Å²) in [6, 6.07) is 14.7. The summed E-state index contributed by atoms with van der Waals surface area (Å²) in [5, 5.41) is 14.2. The summed E-state index contributed by atoms with van der Waals surface area (Å²) in [5.74, 6) is 0.432. The molecule has 1 heterocycles. The van der Waals surface area contributed by atoms with Gasteiger partial charge in [-0.05, 0) is 60.9 Å². The van der Waals surface area contributed by atoms with Gasteiger partial charge in [-0.25, -0.2) is 13.2 Å². The number of nitrogens with two attached hydrogens (primary N) is 1. The van der Waals surface area contributed by atoms with Gasteiger partial charge in [-0.3, -0.25) is 0 Å². The lowest BCUT2D eigenvalue weighted by atomic mass is 10.0. The molecule has 0 aromatic heterocycles. The molecule has 2 aromatic carbocycles. The van der Waals surface area contributed by atoms with E-state index < -0.39 is 28.3 Å². The van der Waals surface area contributed by atoms with Gasteiger partial charge in [-0.1, -0.05) is 44.2 Å². The third-order valence-electron chi connectivity index (χ3n) is 7.22. The van der Waals surface area contributed by atoms with Gasteiger partial charge in [-0.15, -0.1) is 0 Å². The Morgan fingerprint density at radius 3 is 2.50 bits per heavy atom. The Morgan fingerprint density at radius 2 is 1.84 bits per heavy atom. The number of hydrogen-bond donors (Lipinski definition) is 3. The van der Waals surface area contributed by atoms with Crippen LogP contribution in [-0.2, 0) is 25.9 Å².